The monoisotopic (exact) mass is 542 g/mol. The number of imide groups is 1. The lowest BCUT2D eigenvalue weighted by Crippen LogP contribution is -2.36. The van der Waals surface area contributed by atoms with E-state index in [0.717, 1.165) is 16.7 Å². The number of ether oxygens (including phenoxy) is 2. The summed E-state index contributed by atoms with van der Waals surface area (Å²) in [6.45, 7) is -0.272. The predicted molar refractivity (Wildman–Crippen MR) is 142 cm³/mol. The van der Waals surface area contributed by atoms with Crippen molar-refractivity contribution in [2.24, 2.45) is 0 Å². The van der Waals surface area contributed by atoms with Gasteiger partial charge in [-0.1, -0.05) is 59.6 Å². The second-order valence-electron chi connectivity index (χ2n) is 7.59. The Bertz CT molecular complexity index is 1350. The summed E-state index contributed by atoms with van der Waals surface area (Å²) in [4.78, 5) is 38.9. The van der Waals surface area contributed by atoms with Gasteiger partial charge in [0.15, 0.2) is 11.5 Å². The van der Waals surface area contributed by atoms with Crippen molar-refractivity contribution < 1.29 is 23.9 Å². The molecule has 0 aromatic heterocycles. The maximum atomic E-state index is 13.0. The molecule has 7 nitrogen and oxygen atoms in total. The minimum Gasteiger partial charge on any atom is -0.493 e. The molecule has 3 amide bonds. The number of carbonyl (C=O) groups is 3. The molecule has 1 saturated heterocycles. The number of hydrogen-bond acceptors (Lipinski definition) is 6. The Morgan fingerprint density at radius 2 is 1.83 bits per heavy atom. The number of methoxy groups -OCH3 is 1. The van der Waals surface area contributed by atoms with Crippen molar-refractivity contribution in [3.8, 4) is 11.5 Å². The van der Waals surface area contributed by atoms with E-state index < -0.39 is 23.6 Å². The van der Waals surface area contributed by atoms with Gasteiger partial charge in [0.2, 0.25) is 5.91 Å². The van der Waals surface area contributed by atoms with Crippen LogP contribution in [0.15, 0.2) is 71.6 Å². The Balaban J connectivity index is 1.53. The summed E-state index contributed by atoms with van der Waals surface area (Å²) in [6.07, 6.45) is 1.54. The zero-order chi connectivity index (χ0) is 25.7. The Morgan fingerprint density at radius 3 is 2.56 bits per heavy atom. The van der Waals surface area contributed by atoms with Crippen molar-refractivity contribution in [2.75, 3.05) is 19.0 Å². The Labute approximate surface area is 222 Å². The van der Waals surface area contributed by atoms with Crippen molar-refractivity contribution in [3.05, 3.63) is 92.8 Å². The molecule has 0 bridgehead atoms. The molecular formula is C26H20Cl2N2O5S. The SMILES string of the molecule is COc1cccc(/C=C2/SC(=O)N(CC(=O)Nc3ccccc3)C2=O)c1OCc1ccc(Cl)cc1Cl. The lowest BCUT2D eigenvalue weighted by Gasteiger charge is -2.15. The molecule has 36 heavy (non-hydrogen) atoms. The summed E-state index contributed by atoms with van der Waals surface area (Å²) < 4.78 is 11.5. The number of hydrogen-bond donors (Lipinski definition) is 1. The first-order valence-electron chi connectivity index (χ1n) is 10.7. The van der Waals surface area contributed by atoms with Gasteiger partial charge >= 0.3 is 0 Å². The van der Waals surface area contributed by atoms with Gasteiger partial charge in [-0.3, -0.25) is 19.3 Å². The Kier molecular flexibility index (Phi) is 8.20. The third-order valence-corrected chi connectivity index (χ3v) is 6.63. The van der Waals surface area contributed by atoms with Crippen LogP contribution < -0.4 is 14.8 Å². The second-order valence-corrected chi connectivity index (χ2v) is 9.42. The molecule has 3 aromatic rings. The summed E-state index contributed by atoms with van der Waals surface area (Å²) in [7, 11) is 1.50. The highest BCUT2D eigenvalue weighted by Crippen LogP contribution is 2.38. The first-order valence-corrected chi connectivity index (χ1v) is 12.3. The average molecular weight is 543 g/mol. The second kappa shape index (κ2) is 11.5. The topological polar surface area (TPSA) is 84.9 Å². The average Bonchev–Trinajstić information content (AvgIpc) is 3.11. The quantitative estimate of drug-likeness (QED) is 0.338. The molecule has 10 heteroatoms. The van der Waals surface area contributed by atoms with Gasteiger partial charge in [0.05, 0.1) is 12.0 Å². The molecule has 1 heterocycles. The number of halogens is 2. The minimum atomic E-state index is -0.567. The van der Waals surface area contributed by atoms with Gasteiger partial charge in [-0.05, 0) is 48.2 Å². The molecule has 0 aliphatic carbocycles. The Hall–Kier alpha value is -3.46. The zero-order valence-electron chi connectivity index (χ0n) is 19.0. The molecule has 0 saturated carbocycles. The first kappa shape index (κ1) is 25.6. The van der Waals surface area contributed by atoms with Crippen LogP contribution >= 0.6 is 35.0 Å². The molecule has 1 aliphatic rings. The lowest BCUT2D eigenvalue weighted by atomic mass is 10.1. The van der Waals surface area contributed by atoms with Gasteiger partial charge in [0, 0.05) is 26.9 Å². The summed E-state index contributed by atoms with van der Waals surface area (Å²) in [5.41, 5.74) is 1.81. The van der Waals surface area contributed by atoms with Gasteiger partial charge in [0.25, 0.3) is 11.1 Å². The van der Waals surface area contributed by atoms with E-state index >= 15 is 0 Å². The van der Waals surface area contributed by atoms with Crippen molar-refractivity contribution in [1.82, 2.24) is 4.90 Å². The number of amides is 3. The van der Waals surface area contributed by atoms with E-state index in [9.17, 15) is 14.4 Å². The molecular weight excluding hydrogens is 523 g/mol. The molecule has 0 atom stereocenters. The Morgan fingerprint density at radius 1 is 1.06 bits per heavy atom. The fraction of sp³-hybridized carbons (Fsp3) is 0.115. The number of nitrogens with zero attached hydrogens (tertiary/aromatic N) is 1. The van der Waals surface area contributed by atoms with Crippen molar-refractivity contribution in [1.29, 1.82) is 0 Å². The summed E-state index contributed by atoms with van der Waals surface area (Å²) >= 11 is 13.0. The smallest absolute Gasteiger partial charge is 0.294 e. The van der Waals surface area contributed by atoms with Gasteiger partial charge in [-0.2, -0.15) is 0 Å². The van der Waals surface area contributed by atoms with Gasteiger partial charge in [0.1, 0.15) is 13.2 Å². The van der Waals surface area contributed by atoms with Gasteiger partial charge < -0.3 is 14.8 Å². The van der Waals surface area contributed by atoms with Gasteiger partial charge in [-0.25, -0.2) is 0 Å². The number of rotatable bonds is 8. The van der Waals surface area contributed by atoms with Crippen LogP contribution in [-0.2, 0) is 16.2 Å². The summed E-state index contributed by atoms with van der Waals surface area (Å²) in [6, 6.07) is 19.1. The summed E-state index contributed by atoms with van der Waals surface area (Å²) in [5.74, 6) is -0.229. The highest BCUT2D eigenvalue weighted by Gasteiger charge is 2.36. The molecule has 4 rings (SSSR count). The van der Waals surface area contributed by atoms with Crippen LogP contribution in [0.3, 0.4) is 0 Å². The van der Waals surface area contributed by atoms with E-state index in [1.165, 1.54) is 7.11 Å². The van der Waals surface area contributed by atoms with Crippen LogP contribution in [0.2, 0.25) is 10.0 Å². The maximum absolute atomic E-state index is 13.0. The highest BCUT2D eigenvalue weighted by atomic mass is 35.5. The minimum absolute atomic E-state index is 0.123. The first-order chi connectivity index (χ1) is 17.4. The number of nitrogens with one attached hydrogen (secondary N) is 1. The largest absolute Gasteiger partial charge is 0.493 e. The van der Waals surface area contributed by atoms with Crippen molar-refractivity contribution >= 4 is 63.8 Å². The number of carbonyl (C=O) groups excluding carboxylic acids is 3. The molecule has 1 fully saturated rings. The maximum Gasteiger partial charge on any atom is 0.294 e. The van der Waals surface area contributed by atoms with E-state index in [-0.39, 0.29) is 11.5 Å². The van der Waals surface area contributed by atoms with Crippen molar-refractivity contribution in [2.45, 2.75) is 6.61 Å². The molecule has 1 aliphatic heterocycles. The molecule has 0 unspecified atom stereocenters. The van der Waals surface area contributed by atoms with E-state index in [4.69, 9.17) is 32.7 Å². The van der Waals surface area contributed by atoms with Crippen LogP contribution in [0.4, 0.5) is 10.5 Å². The fourth-order valence-corrected chi connectivity index (χ4v) is 4.69. The number of anilines is 1. The predicted octanol–water partition coefficient (Wildman–Crippen LogP) is 6.26. The van der Waals surface area contributed by atoms with Crippen molar-refractivity contribution in [3.63, 3.8) is 0 Å². The highest BCUT2D eigenvalue weighted by molar-refractivity contribution is 8.18. The van der Waals surface area contributed by atoms with E-state index in [1.807, 2.05) is 6.07 Å². The number of para-hydroxylation sites is 2. The van der Waals surface area contributed by atoms with Crippen LogP contribution in [0, 0.1) is 0 Å². The molecule has 3 aromatic carbocycles. The lowest BCUT2D eigenvalue weighted by molar-refractivity contribution is -0.127. The molecule has 0 spiro atoms. The molecule has 0 radical (unpaired) electrons. The third kappa shape index (κ3) is 6.02. The zero-order valence-corrected chi connectivity index (χ0v) is 21.3. The van der Waals surface area contributed by atoms with E-state index in [1.54, 1.807) is 66.7 Å². The molecule has 184 valence electrons. The van der Waals surface area contributed by atoms with E-state index in [0.29, 0.717) is 38.4 Å². The normalized spacial score (nSPS) is 14.3. The van der Waals surface area contributed by atoms with Crippen LogP contribution in [0.5, 0.6) is 11.5 Å². The van der Waals surface area contributed by atoms with Crippen LogP contribution in [-0.4, -0.2) is 35.6 Å². The number of benzene rings is 3. The fourth-order valence-electron chi connectivity index (χ4n) is 3.39. The molecule has 1 N–H and O–H groups in total. The van der Waals surface area contributed by atoms with Crippen LogP contribution in [0.1, 0.15) is 11.1 Å². The van der Waals surface area contributed by atoms with Crippen LogP contribution in [0.25, 0.3) is 6.08 Å². The van der Waals surface area contributed by atoms with E-state index in [2.05, 4.69) is 5.32 Å². The summed E-state index contributed by atoms with van der Waals surface area (Å²) in [5, 5.41) is 3.10. The van der Waals surface area contributed by atoms with Gasteiger partial charge in [-0.15, -0.1) is 0 Å². The third-order valence-electron chi connectivity index (χ3n) is 5.14. The number of thioether (sulfide) groups is 1. The standard InChI is InChI=1S/C26H20Cl2N2O5S/c1-34-21-9-5-6-16(24(21)35-15-17-10-11-18(27)13-20(17)28)12-22-25(32)30(26(33)36-22)14-23(31)29-19-7-3-2-4-8-19/h2-13H,14-15H2,1H3,(H,29,31)/b22-12+.